The highest BCUT2D eigenvalue weighted by atomic mass is 32.2. The molecule has 0 saturated heterocycles. The fourth-order valence-electron chi connectivity index (χ4n) is 3.55. The molecule has 2 aromatic carbocycles. The SMILES string of the molecule is CSc1ccc(S(=O)(=O)N[C@@H]2CC(C)(C)Oc3cc(C)ccc32)cc1NC(=O)C(C)C. The molecule has 1 amide bonds. The van der Waals surface area contributed by atoms with E-state index in [1.165, 1.54) is 17.8 Å². The molecule has 0 radical (unpaired) electrons. The summed E-state index contributed by atoms with van der Waals surface area (Å²) in [5, 5.41) is 2.84. The van der Waals surface area contributed by atoms with Crippen molar-refractivity contribution in [1.82, 2.24) is 4.72 Å². The van der Waals surface area contributed by atoms with Crippen LogP contribution in [0.5, 0.6) is 5.75 Å². The number of ether oxygens (including phenoxy) is 1. The fourth-order valence-corrected chi connectivity index (χ4v) is 5.32. The summed E-state index contributed by atoms with van der Waals surface area (Å²) in [5.41, 5.74) is 1.86. The Labute approximate surface area is 189 Å². The lowest BCUT2D eigenvalue weighted by Crippen LogP contribution is -2.41. The van der Waals surface area contributed by atoms with Crippen LogP contribution in [0.25, 0.3) is 0 Å². The van der Waals surface area contributed by atoms with Crippen molar-refractivity contribution in [1.29, 1.82) is 0 Å². The Morgan fingerprint density at radius 3 is 2.55 bits per heavy atom. The summed E-state index contributed by atoms with van der Waals surface area (Å²) >= 11 is 1.45. The molecule has 0 unspecified atom stereocenters. The van der Waals surface area contributed by atoms with Gasteiger partial charge in [-0.2, -0.15) is 0 Å². The van der Waals surface area contributed by atoms with Crippen molar-refractivity contribution >= 4 is 33.4 Å². The third-order valence-electron chi connectivity index (χ3n) is 5.19. The lowest BCUT2D eigenvalue weighted by Gasteiger charge is -2.38. The van der Waals surface area contributed by atoms with Crippen LogP contribution in [-0.4, -0.2) is 26.2 Å². The number of carbonyl (C=O) groups excluding carboxylic acids is 1. The summed E-state index contributed by atoms with van der Waals surface area (Å²) in [7, 11) is -3.83. The predicted octanol–water partition coefficient (Wildman–Crippen LogP) is 4.89. The molecule has 0 aliphatic carbocycles. The monoisotopic (exact) mass is 462 g/mol. The first kappa shape index (κ1) is 23.6. The van der Waals surface area contributed by atoms with Gasteiger partial charge < -0.3 is 10.1 Å². The van der Waals surface area contributed by atoms with Crippen LogP contribution >= 0.6 is 11.8 Å². The van der Waals surface area contributed by atoms with E-state index < -0.39 is 21.7 Å². The van der Waals surface area contributed by atoms with Gasteiger partial charge in [-0.3, -0.25) is 4.79 Å². The molecular formula is C23H30N2O4S2. The molecule has 0 spiro atoms. The van der Waals surface area contributed by atoms with Gasteiger partial charge in [0.2, 0.25) is 15.9 Å². The van der Waals surface area contributed by atoms with Crippen molar-refractivity contribution in [3.8, 4) is 5.75 Å². The first-order valence-corrected chi connectivity index (χ1v) is 12.9. The van der Waals surface area contributed by atoms with Gasteiger partial charge in [0, 0.05) is 22.8 Å². The second kappa shape index (κ2) is 8.84. The Kier molecular flexibility index (Phi) is 6.74. The molecule has 6 nitrogen and oxygen atoms in total. The van der Waals surface area contributed by atoms with Gasteiger partial charge in [-0.05, 0) is 56.9 Å². The zero-order chi connectivity index (χ0) is 23.0. The molecule has 1 heterocycles. The largest absolute Gasteiger partial charge is 0.487 e. The maximum absolute atomic E-state index is 13.3. The topological polar surface area (TPSA) is 84.5 Å². The first-order chi connectivity index (χ1) is 14.4. The van der Waals surface area contributed by atoms with Crippen molar-refractivity contribution < 1.29 is 17.9 Å². The molecule has 1 aliphatic rings. The molecule has 0 saturated carbocycles. The maximum atomic E-state index is 13.3. The number of benzene rings is 2. The van der Waals surface area contributed by atoms with Gasteiger partial charge >= 0.3 is 0 Å². The van der Waals surface area contributed by atoms with Gasteiger partial charge in [-0.15, -0.1) is 11.8 Å². The van der Waals surface area contributed by atoms with Crippen molar-refractivity contribution in [3.05, 3.63) is 47.5 Å². The van der Waals surface area contributed by atoms with Gasteiger partial charge in [-0.1, -0.05) is 26.0 Å². The minimum atomic E-state index is -3.83. The quantitative estimate of drug-likeness (QED) is 0.597. The Balaban J connectivity index is 1.95. The standard InChI is InChI=1S/C23H30N2O4S2/c1-14(2)22(26)24-18-12-16(8-10-21(18)30-6)31(27,28)25-19-13-23(4,5)29-20-11-15(3)7-9-17(19)20/h7-12,14,19,25H,13H2,1-6H3,(H,24,26)/t19-/m1/s1. The molecule has 31 heavy (non-hydrogen) atoms. The van der Waals surface area contributed by atoms with Crippen LogP contribution in [0.4, 0.5) is 5.69 Å². The smallest absolute Gasteiger partial charge is 0.241 e. The van der Waals surface area contributed by atoms with Crippen LogP contribution in [0.3, 0.4) is 0 Å². The zero-order valence-electron chi connectivity index (χ0n) is 18.8. The predicted molar refractivity (Wildman–Crippen MR) is 125 cm³/mol. The van der Waals surface area contributed by atoms with E-state index in [1.54, 1.807) is 26.0 Å². The van der Waals surface area contributed by atoms with E-state index in [2.05, 4.69) is 10.0 Å². The van der Waals surface area contributed by atoms with Crippen LogP contribution in [0.15, 0.2) is 46.2 Å². The molecule has 1 aliphatic heterocycles. The number of aryl methyl sites for hydroxylation is 1. The number of sulfonamides is 1. The molecule has 2 aromatic rings. The van der Waals surface area contributed by atoms with Crippen LogP contribution < -0.4 is 14.8 Å². The lowest BCUT2D eigenvalue weighted by atomic mass is 9.90. The summed E-state index contributed by atoms with van der Waals surface area (Å²) in [6.45, 7) is 9.47. The normalized spacial score (nSPS) is 17.7. The van der Waals surface area contributed by atoms with Crippen LogP contribution in [0.2, 0.25) is 0 Å². The van der Waals surface area contributed by atoms with Crippen molar-refractivity contribution in [2.24, 2.45) is 5.92 Å². The highest BCUT2D eigenvalue weighted by Gasteiger charge is 2.36. The van der Waals surface area contributed by atoms with Crippen LogP contribution in [0, 0.1) is 12.8 Å². The number of amides is 1. The minimum absolute atomic E-state index is 0.113. The van der Waals surface area contributed by atoms with E-state index in [9.17, 15) is 13.2 Å². The van der Waals surface area contributed by atoms with E-state index in [0.29, 0.717) is 17.9 Å². The number of carbonyl (C=O) groups is 1. The molecule has 3 rings (SSSR count). The number of anilines is 1. The average molecular weight is 463 g/mol. The van der Waals surface area contributed by atoms with E-state index >= 15 is 0 Å². The van der Waals surface area contributed by atoms with Crippen molar-refractivity contribution in [2.75, 3.05) is 11.6 Å². The number of rotatable bonds is 6. The molecule has 8 heteroatoms. The molecule has 1 atom stereocenters. The summed E-state index contributed by atoms with van der Waals surface area (Å²) < 4.78 is 35.5. The summed E-state index contributed by atoms with van der Waals surface area (Å²) in [6.07, 6.45) is 2.39. The highest BCUT2D eigenvalue weighted by molar-refractivity contribution is 7.98. The number of hydrogen-bond donors (Lipinski definition) is 2. The Morgan fingerprint density at radius 1 is 1.19 bits per heavy atom. The highest BCUT2D eigenvalue weighted by Crippen LogP contribution is 2.40. The van der Waals surface area contributed by atoms with Crippen molar-refractivity contribution in [2.45, 2.75) is 62.5 Å². The molecule has 0 bridgehead atoms. The van der Waals surface area contributed by atoms with Gasteiger partial charge in [0.1, 0.15) is 11.4 Å². The van der Waals surface area contributed by atoms with Crippen LogP contribution in [-0.2, 0) is 14.8 Å². The first-order valence-electron chi connectivity index (χ1n) is 10.2. The number of nitrogens with one attached hydrogen (secondary N) is 2. The van der Waals surface area contributed by atoms with E-state index in [-0.39, 0.29) is 16.7 Å². The number of thioether (sulfide) groups is 1. The van der Waals surface area contributed by atoms with E-state index in [1.807, 2.05) is 45.2 Å². The third-order valence-corrected chi connectivity index (χ3v) is 7.45. The molecule has 0 aromatic heterocycles. The number of fused-ring (bicyclic) bond motifs is 1. The maximum Gasteiger partial charge on any atom is 0.241 e. The molecule has 2 N–H and O–H groups in total. The van der Waals surface area contributed by atoms with E-state index in [0.717, 1.165) is 16.0 Å². The van der Waals surface area contributed by atoms with Gasteiger partial charge in [0.25, 0.3) is 0 Å². The summed E-state index contributed by atoms with van der Waals surface area (Å²) in [6, 6.07) is 10.2. The second-order valence-electron chi connectivity index (χ2n) is 8.79. The summed E-state index contributed by atoms with van der Waals surface area (Å²) in [5.74, 6) is 0.331. The molecule has 168 valence electrons. The molecular weight excluding hydrogens is 432 g/mol. The Morgan fingerprint density at radius 2 is 1.90 bits per heavy atom. The lowest BCUT2D eigenvalue weighted by molar-refractivity contribution is -0.118. The van der Waals surface area contributed by atoms with Gasteiger partial charge in [-0.25, -0.2) is 13.1 Å². The average Bonchev–Trinajstić information content (AvgIpc) is 2.66. The zero-order valence-corrected chi connectivity index (χ0v) is 20.4. The minimum Gasteiger partial charge on any atom is -0.487 e. The van der Waals surface area contributed by atoms with Crippen LogP contribution in [0.1, 0.15) is 51.3 Å². The van der Waals surface area contributed by atoms with Gasteiger partial charge in [0.05, 0.1) is 16.6 Å². The summed E-state index contributed by atoms with van der Waals surface area (Å²) in [4.78, 5) is 13.1. The second-order valence-corrected chi connectivity index (χ2v) is 11.3. The fraction of sp³-hybridized carbons (Fsp3) is 0.435. The molecule has 0 fully saturated rings. The van der Waals surface area contributed by atoms with Gasteiger partial charge in [0.15, 0.2) is 0 Å². The van der Waals surface area contributed by atoms with Crippen molar-refractivity contribution in [3.63, 3.8) is 0 Å². The Bertz CT molecular complexity index is 1090. The third kappa shape index (κ3) is 5.42. The van der Waals surface area contributed by atoms with E-state index in [4.69, 9.17) is 4.74 Å². The number of hydrogen-bond acceptors (Lipinski definition) is 5. The Hall–Kier alpha value is -2.03.